The van der Waals surface area contributed by atoms with Crippen LogP contribution in [0.4, 0.5) is 4.39 Å². The first-order valence-corrected chi connectivity index (χ1v) is 5.56. The summed E-state index contributed by atoms with van der Waals surface area (Å²) in [5, 5.41) is 0. The third kappa shape index (κ3) is 4.32. The van der Waals surface area contributed by atoms with Crippen molar-refractivity contribution in [2.45, 2.75) is 20.6 Å². The van der Waals surface area contributed by atoms with E-state index in [0.717, 1.165) is 18.2 Å². The first-order chi connectivity index (χ1) is 11.4. The molecule has 0 heterocycles. The summed E-state index contributed by atoms with van der Waals surface area (Å²) in [7, 11) is 0. The van der Waals surface area contributed by atoms with E-state index in [1.165, 1.54) is 19.1 Å². The molecule has 0 bridgehead atoms. The predicted molar refractivity (Wildman–Crippen MR) is 70.9 cm³/mol. The van der Waals surface area contributed by atoms with Gasteiger partial charge in [-0.05, 0) is 30.7 Å². The second-order valence-electron chi connectivity index (χ2n) is 3.63. The minimum Gasteiger partial charge on any atom is -0.462 e. The van der Waals surface area contributed by atoms with Crippen LogP contribution in [0.15, 0.2) is 29.8 Å². The monoisotopic (exact) mass is 270 g/mol. The number of Topliss-reactive ketones (excluding diaryl/α,β-unsaturated/α-hetero) is 1. The van der Waals surface area contributed by atoms with Gasteiger partial charge in [0.25, 0.3) is 0 Å². The first-order valence-electron chi connectivity index (χ1n) is 8.56. The zero-order chi connectivity index (χ0) is 19.4. The van der Waals surface area contributed by atoms with Crippen molar-refractivity contribution >= 4 is 17.8 Å². The summed E-state index contributed by atoms with van der Waals surface area (Å²) in [5.41, 5.74) is -0.502. The molecule has 4 heteroatoms. The predicted octanol–water partition coefficient (Wildman–Crippen LogP) is 3.00. The molecule has 19 heavy (non-hydrogen) atoms. The van der Waals surface area contributed by atoms with Gasteiger partial charge in [-0.25, -0.2) is 9.18 Å². The van der Waals surface area contributed by atoms with Crippen molar-refractivity contribution in [1.29, 1.82) is 0 Å². The molecule has 1 aromatic rings. The largest absolute Gasteiger partial charge is 0.462 e. The normalized spacial score (nSPS) is 17.5. The summed E-state index contributed by atoms with van der Waals surface area (Å²) in [6, 6.07) is 4.65. The molecule has 0 fully saturated rings. The van der Waals surface area contributed by atoms with E-state index in [9.17, 15) is 14.0 Å². The molecule has 0 saturated heterocycles. The molecular weight excluding hydrogens is 247 g/mol. The maximum absolute atomic E-state index is 13.0. The highest BCUT2D eigenvalue weighted by Crippen LogP contribution is 2.14. The number of hydrogen-bond donors (Lipinski definition) is 0. The van der Waals surface area contributed by atoms with Crippen LogP contribution in [-0.4, -0.2) is 18.4 Å². The fourth-order valence-corrected chi connectivity index (χ4v) is 1.32. The average molecular weight is 270 g/mol. The zero-order valence-electron chi connectivity index (χ0n) is 16.3. The summed E-state index contributed by atoms with van der Waals surface area (Å²) in [4.78, 5) is 24.6. The number of carbonyl (C=O) groups is 2. The van der Waals surface area contributed by atoms with Crippen molar-refractivity contribution in [1.82, 2.24) is 0 Å². The lowest BCUT2D eigenvalue weighted by Crippen LogP contribution is -2.19. The van der Waals surface area contributed by atoms with E-state index in [2.05, 4.69) is 0 Å². The Morgan fingerprint density at radius 2 is 2.00 bits per heavy atom. The molecule has 102 valence electrons. The molecule has 0 unspecified atom stereocenters. The van der Waals surface area contributed by atoms with Gasteiger partial charge in [0.05, 0.1) is 6.61 Å². The highest BCUT2D eigenvalue weighted by Gasteiger charge is 2.21. The van der Waals surface area contributed by atoms with Crippen LogP contribution in [0.3, 0.4) is 0 Å². The molecule has 0 saturated carbocycles. The molecule has 3 nitrogen and oxygen atoms in total. The highest BCUT2D eigenvalue weighted by molar-refractivity contribution is 6.21. The molecular formula is C15H17FO3. The quantitative estimate of drug-likeness (QED) is 0.357. The van der Waals surface area contributed by atoms with Gasteiger partial charge in [0.2, 0.25) is 0 Å². The SMILES string of the molecule is [2H]C([2H])([2H])C(C(=O)/C(=C\c1ccc(F)cc1)C(=O)OCC)C([2H])([2H])[2H]. The van der Waals surface area contributed by atoms with Crippen LogP contribution in [0.25, 0.3) is 6.08 Å². The van der Waals surface area contributed by atoms with Crippen molar-refractivity contribution in [3.8, 4) is 0 Å². The van der Waals surface area contributed by atoms with Crippen LogP contribution < -0.4 is 0 Å². The minimum absolute atomic E-state index is 0.0981. The maximum atomic E-state index is 13.0. The van der Waals surface area contributed by atoms with Gasteiger partial charge in [-0.2, -0.15) is 0 Å². The number of ether oxygens (including phenoxy) is 1. The molecule has 0 aliphatic heterocycles. The molecule has 0 spiro atoms. The smallest absolute Gasteiger partial charge is 0.341 e. The van der Waals surface area contributed by atoms with Crippen LogP contribution in [0, 0.1) is 11.7 Å². The third-order valence-corrected chi connectivity index (χ3v) is 2.20. The topological polar surface area (TPSA) is 43.4 Å². The number of esters is 1. The van der Waals surface area contributed by atoms with E-state index >= 15 is 0 Å². The molecule has 0 aliphatic carbocycles. The number of rotatable bonds is 5. The summed E-state index contributed by atoms with van der Waals surface area (Å²) in [6.45, 7) is -4.91. The van der Waals surface area contributed by atoms with E-state index in [0.29, 0.717) is 0 Å². The van der Waals surface area contributed by atoms with E-state index < -0.39 is 42.8 Å². The van der Waals surface area contributed by atoms with Crippen LogP contribution in [-0.2, 0) is 14.3 Å². The summed E-state index contributed by atoms with van der Waals surface area (Å²) in [5.74, 6) is -5.45. The minimum atomic E-state index is -3.14. The Hall–Kier alpha value is -1.97. The number of benzene rings is 1. The third-order valence-electron chi connectivity index (χ3n) is 2.20. The lowest BCUT2D eigenvalue weighted by atomic mass is 9.99. The van der Waals surface area contributed by atoms with Gasteiger partial charge >= 0.3 is 5.97 Å². The molecule has 1 rings (SSSR count). The second-order valence-corrected chi connectivity index (χ2v) is 3.63. The number of halogens is 1. The van der Waals surface area contributed by atoms with Gasteiger partial charge in [-0.15, -0.1) is 0 Å². The highest BCUT2D eigenvalue weighted by atomic mass is 19.1. The van der Waals surface area contributed by atoms with E-state index in [1.807, 2.05) is 0 Å². The van der Waals surface area contributed by atoms with Crippen molar-refractivity contribution in [2.75, 3.05) is 6.61 Å². The zero-order valence-corrected chi connectivity index (χ0v) is 10.3. The van der Waals surface area contributed by atoms with Gasteiger partial charge in [0.1, 0.15) is 11.4 Å². The van der Waals surface area contributed by atoms with E-state index in [1.54, 1.807) is 0 Å². The Kier molecular flexibility index (Phi) is 2.96. The van der Waals surface area contributed by atoms with Gasteiger partial charge in [-0.3, -0.25) is 4.79 Å². The summed E-state index contributed by atoms with van der Waals surface area (Å²) in [6.07, 6.45) is 0.990. The Balaban J connectivity index is 3.42. The second kappa shape index (κ2) is 6.83. The van der Waals surface area contributed by atoms with Crippen LogP contribution in [0.1, 0.15) is 34.4 Å². The Bertz CT molecular complexity index is 647. The molecule has 1 aromatic carbocycles. The van der Waals surface area contributed by atoms with E-state index in [-0.39, 0.29) is 12.2 Å². The van der Waals surface area contributed by atoms with Crippen molar-refractivity contribution in [3.05, 3.63) is 41.2 Å². The van der Waals surface area contributed by atoms with Gasteiger partial charge in [0.15, 0.2) is 5.78 Å². The van der Waals surface area contributed by atoms with Crippen molar-refractivity contribution in [3.63, 3.8) is 0 Å². The molecule has 0 aliphatic rings. The molecule has 0 atom stereocenters. The summed E-state index contributed by atoms with van der Waals surface area (Å²) < 4.78 is 61.8. The van der Waals surface area contributed by atoms with Crippen LogP contribution in [0.5, 0.6) is 0 Å². The first kappa shape index (κ1) is 8.25. The Morgan fingerprint density at radius 3 is 2.53 bits per heavy atom. The van der Waals surface area contributed by atoms with Gasteiger partial charge < -0.3 is 4.74 Å². The van der Waals surface area contributed by atoms with Crippen molar-refractivity contribution in [2.24, 2.45) is 5.92 Å². The fraction of sp³-hybridized carbons (Fsp3) is 0.333. The van der Waals surface area contributed by atoms with Gasteiger partial charge in [0, 0.05) is 14.1 Å². The molecule has 0 radical (unpaired) electrons. The molecule has 0 amide bonds. The summed E-state index contributed by atoms with van der Waals surface area (Å²) >= 11 is 0. The number of ketones is 1. The van der Waals surface area contributed by atoms with Crippen LogP contribution >= 0.6 is 0 Å². The lowest BCUT2D eigenvalue weighted by molar-refractivity contribution is -0.140. The van der Waals surface area contributed by atoms with Crippen LogP contribution in [0.2, 0.25) is 0 Å². The standard InChI is InChI=1S/C15H17FO3/c1-4-19-15(18)13(14(17)10(2)3)9-11-5-7-12(16)8-6-11/h5-10H,4H2,1-3H3/b13-9+/i2D3,3D3. The van der Waals surface area contributed by atoms with Gasteiger partial charge in [-0.1, -0.05) is 25.8 Å². The number of hydrogen-bond acceptors (Lipinski definition) is 3. The molecule has 0 N–H and O–H groups in total. The number of carbonyl (C=O) groups excluding carboxylic acids is 2. The lowest BCUT2D eigenvalue weighted by Gasteiger charge is -2.08. The Morgan fingerprint density at radius 1 is 1.37 bits per heavy atom. The van der Waals surface area contributed by atoms with E-state index in [4.69, 9.17) is 13.0 Å². The van der Waals surface area contributed by atoms with Crippen molar-refractivity contribution < 1.29 is 26.9 Å². The maximum Gasteiger partial charge on any atom is 0.341 e. The molecule has 0 aromatic heterocycles. The average Bonchev–Trinajstić information content (AvgIpc) is 2.43. The fourth-order valence-electron chi connectivity index (χ4n) is 1.32. The Labute approximate surface area is 120 Å².